The zero-order valence-corrected chi connectivity index (χ0v) is 16.8. The van der Waals surface area contributed by atoms with Crippen molar-refractivity contribution in [3.63, 3.8) is 0 Å². The van der Waals surface area contributed by atoms with E-state index in [1.165, 1.54) is 22.3 Å². The number of halogens is 1. The van der Waals surface area contributed by atoms with Crippen LogP contribution in [0, 0.1) is 5.82 Å². The van der Waals surface area contributed by atoms with Gasteiger partial charge in [-0.05, 0) is 53.4 Å². The van der Waals surface area contributed by atoms with E-state index in [0.717, 1.165) is 17.5 Å². The molecule has 1 aliphatic heterocycles. The van der Waals surface area contributed by atoms with E-state index >= 15 is 0 Å². The molecule has 154 valence electrons. The molecule has 3 heterocycles. The highest BCUT2D eigenvalue weighted by molar-refractivity contribution is 5.97. The van der Waals surface area contributed by atoms with Crippen LogP contribution in [0.15, 0.2) is 77.7 Å². The first kappa shape index (κ1) is 19.2. The Kier molecular flexibility index (Phi) is 4.82. The summed E-state index contributed by atoms with van der Waals surface area (Å²) in [6.07, 6.45) is 2.38. The Hall–Kier alpha value is -3.80. The number of carbonyl (C=O) groups is 1. The highest BCUT2D eigenvalue weighted by Crippen LogP contribution is 2.21. The zero-order valence-electron chi connectivity index (χ0n) is 16.8. The van der Waals surface area contributed by atoms with Crippen molar-refractivity contribution in [2.45, 2.75) is 19.5 Å². The van der Waals surface area contributed by atoms with Gasteiger partial charge >= 0.3 is 0 Å². The minimum atomic E-state index is -0.389. The van der Waals surface area contributed by atoms with E-state index in [1.807, 2.05) is 24.3 Å². The lowest BCUT2D eigenvalue weighted by Gasteiger charge is -2.29. The van der Waals surface area contributed by atoms with Gasteiger partial charge in [0.2, 0.25) is 0 Å². The number of aromatic nitrogens is 2. The molecule has 2 aromatic heterocycles. The van der Waals surface area contributed by atoms with Gasteiger partial charge in [-0.2, -0.15) is 0 Å². The van der Waals surface area contributed by atoms with Gasteiger partial charge in [-0.15, -0.1) is 0 Å². The molecule has 0 saturated heterocycles. The van der Waals surface area contributed by atoms with Crippen molar-refractivity contribution in [2.75, 3.05) is 6.54 Å². The maximum Gasteiger partial charge on any atom is 0.265 e. The lowest BCUT2D eigenvalue weighted by Crippen LogP contribution is -2.40. The Bertz CT molecular complexity index is 1350. The summed E-state index contributed by atoms with van der Waals surface area (Å²) in [7, 11) is 0. The standard InChI is InChI=1S/C25H20FN3O2/c26-21-9-7-17(8-10-21)15-29-23-19(6-3-12-27-23)14-22(25(29)31)24(30)28-13-11-18-4-1-2-5-20(18)16-28/h1-10,12,14H,11,13,15-16H2. The number of hydrogen-bond acceptors (Lipinski definition) is 3. The summed E-state index contributed by atoms with van der Waals surface area (Å²) in [5, 5.41) is 0.713. The summed E-state index contributed by atoms with van der Waals surface area (Å²) >= 11 is 0. The quantitative estimate of drug-likeness (QED) is 0.514. The highest BCUT2D eigenvalue weighted by atomic mass is 19.1. The maximum atomic E-state index is 13.4. The molecule has 31 heavy (non-hydrogen) atoms. The van der Waals surface area contributed by atoms with Crippen LogP contribution >= 0.6 is 0 Å². The molecular formula is C25H20FN3O2. The molecule has 0 fully saturated rings. The fourth-order valence-corrected chi connectivity index (χ4v) is 4.12. The van der Waals surface area contributed by atoms with E-state index < -0.39 is 0 Å². The lowest BCUT2D eigenvalue weighted by atomic mass is 9.99. The number of pyridine rings is 2. The highest BCUT2D eigenvalue weighted by Gasteiger charge is 2.25. The van der Waals surface area contributed by atoms with Gasteiger partial charge in [0.1, 0.15) is 17.0 Å². The lowest BCUT2D eigenvalue weighted by molar-refractivity contribution is 0.0732. The Morgan fingerprint density at radius 3 is 2.58 bits per heavy atom. The second kappa shape index (κ2) is 7.80. The Morgan fingerprint density at radius 2 is 1.77 bits per heavy atom. The molecular weight excluding hydrogens is 393 g/mol. The Morgan fingerprint density at radius 1 is 1.00 bits per heavy atom. The number of carbonyl (C=O) groups excluding carboxylic acids is 1. The van der Waals surface area contributed by atoms with E-state index in [4.69, 9.17) is 0 Å². The maximum absolute atomic E-state index is 13.4. The predicted octanol–water partition coefficient (Wildman–Crippen LogP) is 3.78. The fraction of sp³-hybridized carbons (Fsp3) is 0.160. The summed E-state index contributed by atoms with van der Waals surface area (Å²) in [5.41, 5.74) is 3.34. The van der Waals surface area contributed by atoms with Gasteiger partial charge < -0.3 is 4.90 Å². The molecule has 0 unspecified atom stereocenters. The molecule has 4 aromatic rings. The Balaban J connectivity index is 1.56. The number of nitrogens with zero attached hydrogens (tertiary/aromatic N) is 3. The van der Waals surface area contributed by atoms with E-state index in [1.54, 1.807) is 35.4 Å². The van der Waals surface area contributed by atoms with Crippen LogP contribution in [-0.4, -0.2) is 26.9 Å². The molecule has 1 aliphatic rings. The molecule has 0 aliphatic carbocycles. The molecule has 6 heteroatoms. The third kappa shape index (κ3) is 3.61. The molecule has 1 amide bonds. The van der Waals surface area contributed by atoms with Crippen molar-refractivity contribution < 1.29 is 9.18 Å². The van der Waals surface area contributed by atoms with Gasteiger partial charge in [0, 0.05) is 24.7 Å². The van der Waals surface area contributed by atoms with Crippen molar-refractivity contribution in [2.24, 2.45) is 0 Å². The van der Waals surface area contributed by atoms with Crippen LogP contribution in [0.4, 0.5) is 4.39 Å². The predicted molar refractivity (Wildman–Crippen MR) is 116 cm³/mol. The van der Waals surface area contributed by atoms with Gasteiger partial charge in [0.05, 0.1) is 6.54 Å². The van der Waals surface area contributed by atoms with E-state index in [0.29, 0.717) is 24.1 Å². The summed E-state index contributed by atoms with van der Waals surface area (Å²) in [5.74, 6) is -0.619. The first-order valence-electron chi connectivity index (χ1n) is 10.2. The first-order chi connectivity index (χ1) is 15.1. The normalized spacial score (nSPS) is 13.3. The zero-order chi connectivity index (χ0) is 21.4. The summed E-state index contributed by atoms with van der Waals surface area (Å²) < 4.78 is 14.8. The molecule has 0 radical (unpaired) electrons. The Labute approximate surface area is 178 Å². The number of amides is 1. The van der Waals surface area contributed by atoms with Crippen LogP contribution in [0.3, 0.4) is 0 Å². The smallest absolute Gasteiger partial charge is 0.265 e. The van der Waals surface area contributed by atoms with Crippen molar-refractivity contribution in [3.8, 4) is 0 Å². The van der Waals surface area contributed by atoms with Gasteiger partial charge in [0.15, 0.2) is 0 Å². The van der Waals surface area contributed by atoms with Crippen LogP contribution in [0.2, 0.25) is 0 Å². The van der Waals surface area contributed by atoms with E-state index in [9.17, 15) is 14.0 Å². The minimum absolute atomic E-state index is 0.127. The SMILES string of the molecule is O=C(c1cc2cccnc2n(Cc2ccc(F)cc2)c1=O)N1CCc2ccccc2C1. The number of fused-ring (bicyclic) bond motifs is 2. The van der Waals surface area contributed by atoms with Gasteiger partial charge in [-0.25, -0.2) is 9.37 Å². The minimum Gasteiger partial charge on any atom is -0.334 e. The summed E-state index contributed by atoms with van der Waals surface area (Å²) in [6, 6.07) is 19.3. The monoisotopic (exact) mass is 413 g/mol. The average Bonchev–Trinajstić information content (AvgIpc) is 2.81. The first-order valence-corrected chi connectivity index (χ1v) is 10.2. The van der Waals surface area contributed by atoms with E-state index in [2.05, 4.69) is 11.1 Å². The summed E-state index contributed by atoms with van der Waals surface area (Å²) in [4.78, 5) is 32.8. The van der Waals surface area contributed by atoms with Gasteiger partial charge in [0.25, 0.3) is 11.5 Å². The molecule has 2 aromatic carbocycles. The molecule has 0 N–H and O–H groups in total. The van der Waals surface area contributed by atoms with Crippen LogP contribution in [0.1, 0.15) is 27.0 Å². The molecule has 0 spiro atoms. The molecule has 0 bridgehead atoms. The van der Waals surface area contributed by atoms with Crippen molar-refractivity contribution in [1.82, 2.24) is 14.5 Å². The fourth-order valence-electron chi connectivity index (χ4n) is 4.12. The number of benzene rings is 2. The van der Waals surface area contributed by atoms with Crippen LogP contribution < -0.4 is 5.56 Å². The molecule has 5 rings (SSSR count). The summed E-state index contributed by atoms with van der Waals surface area (Å²) in [6.45, 7) is 1.26. The third-order valence-corrected chi connectivity index (χ3v) is 5.75. The van der Waals surface area contributed by atoms with Crippen molar-refractivity contribution in [1.29, 1.82) is 0 Å². The van der Waals surface area contributed by atoms with Gasteiger partial charge in [-0.1, -0.05) is 36.4 Å². The second-order valence-electron chi connectivity index (χ2n) is 7.74. The third-order valence-electron chi connectivity index (χ3n) is 5.75. The van der Waals surface area contributed by atoms with E-state index in [-0.39, 0.29) is 29.4 Å². The van der Waals surface area contributed by atoms with Crippen molar-refractivity contribution >= 4 is 16.9 Å². The number of hydrogen-bond donors (Lipinski definition) is 0. The topological polar surface area (TPSA) is 55.2 Å². The number of rotatable bonds is 3. The van der Waals surface area contributed by atoms with Crippen molar-refractivity contribution in [3.05, 3.63) is 111 Å². The second-order valence-corrected chi connectivity index (χ2v) is 7.74. The largest absolute Gasteiger partial charge is 0.334 e. The molecule has 0 saturated carbocycles. The average molecular weight is 413 g/mol. The molecule has 5 nitrogen and oxygen atoms in total. The van der Waals surface area contributed by atoms with Crippen LogP contribution in [0.5, 0.6) is 0 Å². The van der Waals surface area contributed by atoms with Crippen LogP contribution in [-0.2, 0) is 19.5 Å². The van der Waals surface area contributed by atoms with Gasteiger partial charge in [-0.3, -0.25) is 14.2 Å². The van der Waals surface area contributed by atoms with Crippen LogP contribution in [0.25, 0.3) is 11.0 Å². The molecule has 0 atom stereocenters.